The minimum absolute atomic E-state index is 0.165. The normalized spacial score (nSPS) is 21.3. The maximum Gasteiger partial charge on any atom is 0.306 e. The van der Waals surface area contributed by atoms with Gasteiger partial charge in [0.15, 0.2) is 5.82 Å². The van der Waals surface area contributed by atoms with E-state index in [2.05, 4.69) is 15.1 Å². The van der Waals surface area contributed by atoms with Gasteiger partial charge < -0.3 is 5.11 Å². The summed E-state index contributed by atoms with van der Waals surface area (Å²) >= 11 is 0. The lowest BCUT2D eigenvalue weighted by atomic mass is 9.80. The molecule has 0 aromatic carbocycles. The fourth-order valence-corrected chi connectivity index (χ4v) is 3.38. The summed E-state index contributed by atoms with van der Waals surface area (Å²) in [5.74, 6) is 0.479. The Morgan fingerprint density at radius 1 is 1.22 bits per heavy atom. The van der Waals surface area contributed by atoms with Crippen molar-refractivity contribution in [2.75, 3.05) is 0 Å². The van der Waals surface area contributed by atoms with Crippen molar-refractivity contribution in [3.8, 4) is 5.82 Å². The summed E-state index contributed by atoms with van der Waals surface area (Å²) in [6.45, 7) is 3.97. The second-order valence-corrected chi connectivity index (χ2v) is 6.47. The first-order chi connectivity index (χ1) is 11.0. The molecule has 3 rings (SSSR count). The number of carboxylic acid groups (broad SMARTS) is 1. The van der Waals surface area contributed by atoms with Gasteiger partial charge in [-0.15, -0.1) is 0 Å². The first-order valence-corrected chi connectivity index (χ1v) is 8.10. The van der Waals surface area contributed by atoms with Gasteiger partial charge in [-0.1, -0.05) is 0 Å². The molecule has 0 amide bonds. The molecule has 2 heterocycles. The predicted octanol–water partition coefficient (Wildman–Crippen LogP) is 2.71. The van der Waals surface area contributed by atoms with Crippen molar-refractivity contribution in [1.29, 1.82) is 0 Å². The Morgan fingerprint density at radius 2 is 1.96 bits per heavy atom. The van der Waals surface area contributed by atoms with Crippen LogP contribution in [0, 0.1) is 25.7 Å². The summed E-state index contributed by atoms with van der Waals surface area (Å²) < 4.78 is 1.84. The van der Waals surface area contributed by atoms with Gasteiger partial charge in [-0.2, -0.15) is 5.10 Å². The molecule has 1 aliphatic rings. The van der Waals surface area contributed by atoms with E-state index in [0.717, 1.165) is 55.0 Å². The van der Waals surface area contributed by atoms with Crippen LogP contribution in [0.5, 0.6) is 0 Å². The number of hydrogen-bond donors (Lipinski definition) is 1. The van der Waals surface area contributed by atoms with E-state index in [0.29, 0.717) is 5.92 Å². The zero-order valence-corrected chi connectivity index (χ0v) is 13.6. The van der Waals surface area contributed by atoms with Crippen LogP contribution in [-0.2, 0) is 11.2 Å². The Labute approximate surface area is 135 Å². The molecule has 0 atom stereocenters. The van der Waals surface area contributed by atoms with E-state index in [-0.39, 0.29) is 5.92 Å². The molecule has 2 aromatic rings. The van der Waals surface area contributed by atoms with Gasteiger partial charge in [-0.3, -0.25) is 4.79 Å². The van der Waals surface area contributed by atoms with Crippen LogP contribution in [0.2, 0.25) is 0 Å². The molecule has 0 saturated heterocycles. The number of rotatable bonds is 4. The SMILES string of the molecule is Cc1cc(C)n(-c2cc(C[C@H]3CC[C@H](C(=O)O)CC3)ncn2)n1. The summed E-state index contributed by atoms with van der Waals surface area (Å²) in [7, 11) is 0. The van der Waals surface area contributed by atoms with E-state index in [1.54, 1.807) is 6.33 Å². The molecule has 1 saturated carbocycles. The van der Waals surface area contributed by atoms with Crippen molar-refractivity contribution in [2.45, 2.75) is 46.0 Å². The highest BCUT2D eigenvalue weighted by molar-refractivity contribution is 5.69. The van der Waals surface area contributed by atoms with Crippen molar-refractivity contribution >= 4 is 5.97 Å². The number of aromatic nitrogens is 4. The number of carboxylic acids is 1. The molecule has 0 unspecified atom stereocenters. The molecule has 23 heavy (non-hydrogen) atoms. The topological polar surface area (TPSA) is 80.9 Å². The van der Waals surface area contributed by atoms with E-state index in [1.807, 2.05) is 30.7 Å². The maximum atomic E-state index is 11.0. The number of nitrogens with zero attached hydrogens (tertiary/aromatic N) is 4. The van der Waals surface area contributed by atoms with Crippen LogP contribution in [0.1, 0.15) is 42.8 Å². The third-order valence-corrected chi connectivity index (χ3v) is 4.63. The van der Waals surface area contributed by atoms with Crippen molar-refractivity contribution < 1.29 is 9.90 Å². The average Bonchev–Trinajstić information content (AvgIpc) is 2.87. The number of hydrogen-bond acceptors (Lipinski definition) is 4. The summed E-state index contributed by atoms with van der Waals surface area (Å²) in [6, 6.07) is 4.01. The third-order valence-electron chi connectivity index (χ3n) is 4.63. The van der Waals surface area contributed by atoms with Gasteiger partial charge in [-0.05, 0) is 57.9 Å². The first kappa shape index (κ1) is 15.6. The van der Waals surface area contributed by atoms with E-state index in [9.17, 15) is 4.79 Å². The van der Waals surface area contributed by atoms with E-state index in [1.165, 1.54) is 0 Å². The molecule has 6 heteroatoms. The Hall–Kier alpha value is -2.24. The lowest BCUT2D eigenvalue weighted by molar-refractivity contribution is -0.143. The lowest BCUT2D eigenvalue weighted by Crippen LogP contribution is -2.22. The molecular formula is C17H22N4O2. The monoisotopic (exact) mass is 314 g/mol. The zero-order chi connectivity index (χ0) is 16.4. The highest BCUT2D eigenvalue weighted by Gasteiger charge is 2.26. The Kier molecular flexibility index (Phi) is 4.41. The van der Waals surface area contributed by atoms with Gasteiger partial charge >= 0.3 is 5.97 Å². The van der Waals surface area contributed by atoms with E-state index >= 15 is 0 Å². The van der Waals surface area contributed by atoms with E-state index < -0.39 is 5.97 Å². The van der Waals surface area contributed by atoms with Crippen LogP contribution in [-0.4, -0.2) is 30.8 Å². The van der Waals surface area contributed by atoms with Gasteiger partial charge in [0.05, 0.1) is 11.6 Å². The Balaban J connectivity index is 1.69. The van der Waals surface area contributed by atoms with Gasteiger partial charge in [-0.25, -0.2) is 14.6 Å². The molecule has 1 fully saturated rings. The Bertz CT molecular complexity index is 702. The molecule has 1 N–H and O–H groups in total. The van der Waals surface area contributed by atoms with Crippen LogP contribution < -0.4 is 0 Å². The highest BCUT2D eigenvalue weighted by atomic mass is 16.4. The molecule has 6 nitrogen and oxygen atoms in total. The fraction of sp³-hybridized carbons (Fsp3) is 0.529. The predicted molar refractivity (Wildman–Crippen MR) is 85.4 cm³/mol. The largest absolute Gasteiger partial charge is 0.481 e. The maximum absolute atomic E-state index is 11.0. The molecule has 1 aliphatic carbocycles. The van der Waals surface area contributed by atoms with Crippen molar-refractivity contribution in [2.24, 2.45) is 11.8 Å². The summed E-state index contributed by atoms with van der Waals surface area (Å²) in [4.78, 5) is 19.7. The molecule has 0 spiro atoms. The zero-order valence-electron chi connectivity index (χ0n) is 13.6. The molecule has 0 bridgehead atoms. The van der Waals surface area contributed by atoms with Crippen LogP contribution in [0.4, 0.5) is 0 Å². The molecular weight excluding hydrogens is 292 g/mol. The lowest BCUT2D eigenvalue weighted by Gasteiger charge is -2.25. The molecule has 122 valence electrons. The quantitative estimate of drug-likeness (QED) is 0.938. The highest BCUT2D eigenvalue weighted by Crippen LogP contribution is 2.31. The number of aryl methyl sites for hydroxylation is 2. The van der Waals surface area contributed by atoms with Crippen molar-refractivity contribution in [3.05, 3.63) is 35.5 Å². The molecule has 2 aromatic heterocycles. The summed E-state index contributed by atoms with van der Waals surface area (Å²) in [5.41, 5.74) is 3.02. The Morgan fingerprint density at radius 3 is 2.57 bits per heavy atom. The smallest absolute Gasteiger partial charge is 0.306 e. The first-order valence-electron chi connectivity index (χ1n) is 8.10. The van der Waals surface area contributed by atoms with Crippen LogP contribution >= 0.6 is 0 Å². The van der Waals surface area contributed by atoms with E-state index in [4.69, 9.17) is 5.11 Å². The van der Waals surface area contributed by atoms with Crippen LogP contribution in [0.15, 0.2) is 18.5 Å². The molecule has 0 radical (unpaired) electrons. The van der Waals surface area contributed by atoms with Crippen molar-refractivity contribution in [1.82, 2.24) is 19.7 Å². The third kappa shape index (κ3) is 3.57. The van der Waals surface area contributed by atoms with Gasteiger partial charge in [0.2, 0.25) is 0 Å². The average molecular weight is 314 g/mol. The summed E-state index contributed by atoms with van der Waals surface area (Å²) in [6.07, 6.45) is 5.92. The van der Waals surface area contributed by atoms with Crippen molar-refractivity contribution in [3.63, 3.8) is 0 Å². The van der Waals surface area contributed by atoms with Gasteiger partial charge in [0.25, 0.3) is 0 Å². The molecule has 0 aliphatic heterocycles. The van der Waals surface area contributed by atoms with Gasteiger partial charge in [0, 0.05) is 17.5 Å². The second-order valence-electron chi connectivity index (χ2n) is 6.47. The standard InChI is InChI=1S/C17H22N4O2/c1-11-7-12(2)21(20-11)16-9-15(18-10-19-16)8-13-3-5-14(6-4-13)17(22)23/h7,9-10,13-14H,3-6,8H2,1-2H3,(H,22,23)/t13-,14-. The van der Waals surface area contributed by atoms with Crippen LogP contribution in [0.25, 0.3) is 5.82 Å². The second kappa shape index (κ2) is 6.48. The van der Waals surface area contributed by atoms with Gasteiger partial charge in [0.1, 0.15) is 6.33 Å². The fourth-order valence-electron chi connectivity index (χ4n) is 3.38. The minimum Gasteiger partial charge on any atom is -0.481 e. The van der Waals surface area contributed by atoms with Crippen LogP contribution in [0.3, 0.4) is 0 Å². The number of aliphatic carboxylic acids is 1. The summed E-state index contributed by atoms with van der Waals surface area (Å²) in [5, 5.41) is 13.5. The number of carbonyl (C=O) groups is 1. The minimum atomic E-state index is -0.655.